The van der Waals surface area contributed by atoms with Crippen LogP contribution >= 0.6 is 43.2 Å². The number of phenolic OH excluding ortho intramolecular Hbond substituents is 2. The Balaban J connectivity index is 0.629. The molecular weight excluding hydrogens is 1420 g/mol. The number of rotatable bonds is 31. The van der Waals surface area contributed by atoms with Crippen molar-refractivity contribution in [1.82, 2.24) is 46.0 Å². The minimum Gasteiger partial charge on any atom is -0.507 e. The highest BCUT2D eigenvalue weighted by molar-refractivity contribution is 9.09. The van der Waals surface area contributed by atoms with Gasteiger partial charge in [-0.05, 0) is 31.2 Å². The molecular formula is C65H75Br2N9O20S. The van der Waals surface area contributed by atoms with Crippen molar-refractivity contribution in [2.24, 2.45) is 0 Å². The third kappa shape index (κ3) is 16.7. The van der Waals surface area contributed by atoms with Crippen molar-refractivity contribution in [2.75, 3.05) is 87.0 Å². The number of benzene rings is 3. The molecule has 3 aromatic carbocycles. The first-order valence-electron chi connectivity index (χ1n) is 31.5. The number of alkyl halides is 2. The zero-order chi connectivity index (χ0) is 69.2. The number of hydrogen-bond donors (Lipinski definition) is 7. The van der Waals surface area contributed by atoms with Crippen molar-refractivity contribution < 1.29 is 96.4 Å². The van der Waals surface area contributed by atoms with Crippen LogP contribution in [0.25, 0.3) is 11.0 Å². The highest BCUT2D eigenvalue weighted by Gasteiger charge is 2.55. The number of nitrogens with one attached hydrogen (secondary N) is 4. The number of thiazole rings is 1. The van der Waals surface area contributed by atoms with Gasteiger partial charge in [0.1, 0.15) is 34.0 Å². The Hall–Kier alpha value is -7.34. The largest absolute Gasteiger partial charge is 0.507 e. The minimum absolute atomic E-state index is 0.0195. The van der Waals surface area contributed by atoms with E-state index in [9.17, 15) is 58.5 Å². The van der Waals surface area contributed by atoms with Crippen LogP contribution in [0.15, 0.2) is 41.8 Å². The van der Waals surface area contributed by atoms with Gasteiger partial charge in [0.25, 0.3) is 5.91 Å². The number of carbonyl (C=O) groups is 9. The summed E-state index contributed by atoms with van der Waals surface area (Å²) in [6.07, 6.45) is -5.75. The van der Waals surface area contributed by atoms with Crippen LogP contribution in [-0.4, -0.2) is 217 Å². The number of aromatic hydroxyl groups is 2. The summed E-state index contributed by atoms with van der Waals surface area (Å²) in [5.41, 5.74) is 0.416. The lowest BCUT2D eigenvalue weighted by molar-refractivity contribution is -0.256. The quantitative estimate of drug-likeness (QED) is 0.0186. The molecule has 2 aromatic heterocycles. The van der Waals surface area contributed by atoms with Gasteiger partial charge in [0, 0.05) is 123 Å². The van der Waals surface area contributed by atoms with E-state index in [0.29, 0.717) is 45.4 Å². The lowest BCUT2D eigenvalue weighted by Gasteiger charge is -2.43. The molecule has 0 radical (unpaired) electrons. The first kappa shape index (κ1) is 72.4. The highest BCUT2D eigenvalue weighted by atomic mass is 79.9. The van der Waals surface area contributed by atoms with E-state index in [0.717, 1.165) is 22.7 Å². The number of fused-ring (bicyclic) bond motifs is 7. The van der Waals surface area contributed by atoms with Gasteiger partial charge < -0.3 is 79.4 Å². The summed E-state index contributed by atoms with van der Waals surface area (Å²) in [6.45, 7) is 2.49. The third-order valence-electron chi connectivity index (χ3n) is 17.4. The molecule has 5 heterocycles. The minimum atomic E-state index is -1.94. The SMILES string of the molecule is COc1cccc2c1C(=O)c1c(O)c3c(c(O)c1C2=O)C[C@@](O)(c1csc(CN(C)C(=O)CNC(=O)CCC(=O)CNC(=O)CCC(=O)CNC(=O)CCOCCOCCNC(=O)c2ccc4nc(CBr)c(CBr)nc4c2)n1)C[C@@H]3O[C@H]1C[C@H]2[C@H](O[C@@H]3[C@@H](OC)OCCN32)[C@H](C)O1. The number of phenols is 2. The molecule has 0 saturated carbocycles. The topological polar surface area (TPSA) is 381 Å². The van der Waals surface area contributed by atoms with Gasteiger partial charge >= 0.3 is 0 Å². The number of methoxy groups -OCH3 is 2. The molecule has 0 bridgehead atoms. The Kier molecular flexibility index (Phi) is 24.3. The van der Waals surface area contributed by atoms with E-state index in [1.54, 1.807) is 23.6 Å². The predicted octanol–water partition coefficient (Wildman–Crippen LogP) is 3.36. The summed E-state index contributed by atoms with van der Waals surface area (Å²) in [7, 11) is 4.35. The Morgan fingerprint density at radius 2 is 1.45 bits per heavy atom. The van der Waals surface area contributed by atoms with Crippen LogP contribution in [0.1, 0.15) is 133 Å². The van der Waals surface area contributed by atoms with Gasteiger partial charge in [-0.25, -0.2) is 15.0 Å². The lowest BCUT2D eigenvalue weighted by atomic mass is 9.72. The molecule has 10 rings (SSSR count). The molecule has 0 spiro atoms. The molecule has 97 heavy (non-hydrogen) atoms. The van der Waals surface area contributed by atoms with Crippen LogP contribution in [0.4, 0.5) is 0 Å². The second-order valence-electron chi connectivity index (χ2n) is 23.8. The number of Topliss-reactive ketones (excluding diaryl/α,β-unsaturated/α-hetero) is 2. The molecule has 5 aliphatic rings. The van der Waals surface area contributed by atoms with Crippen molar-refractivity contribution in [3.8, 4) is 17.2 Å². The molecule has 520 valence electrons. The standard InChI is InChI=1S/C65H75Br2N9O20S/c1-33-61-43(76-16-19-93-64(90-4)63(76)96-61)23-52(94-33)95-45-25-65(88,24-38-54(45)60(86)56-55(58(38)84)57(83)37-6-5-7-44(89-3)53(37)59(56)85)46-32-97-50(74-46)31-75(2)51(82)30-71-48(80)13-10-35(77)28-69-47(79)12-9-36(78)29-70-49(81)14-17-91-20-21-92-18-15-68-62(87)34-8-11-39-40(22-34)73-42(27-67)41(26-66)72-39/h5-8,11,22,32-33,43,45,52,61,63-64,84,86,88H,9-10,12-21,23-31H2,1-4H3,(H,68,87)(H,69,79)(H,70,81)(H,71,80)/t33-,43-,45-,52-,61+,63+,64-,65-/m0/s1. The van der Waals surface area contributed by atoms with E-state index in [-0.39, 0.29) is 143 Å². The predicted molar refractivity (Wildman–Crippen MR) is 350 cm³/mol. The van der Waals surface area contributed by atoms with Crippen LogP contribution < -0.4 is 26.0 Å². The summed E-state index contributed by atoms with van der Waals surface area (Å²) in [6, 6.07) is 9.35. The van der Waals surface area contributed by atoms with Crippen molar-refractivity contribution in [3.63, 3.8) is 0 Å². The van der Waals surface area contributed by atoms with Gasteiger partial charge in [-0.2, -0.15) is 0 Å². The lowest BCUT2D eigenvalue weighted by Crippen LogP contribution is -2.55. The second-order valence-corrected chi connectivity index (χ2v) is 25.9. The van der Waals surface area contributed by atoms with Crippen LogP contribution in [0, 0.1) is 0 Å². The smallest absolute Gasteiger partial charge is 0.251 e. The zero-order valence-electron chi connectivity index (χ0n) is 53.6. The maximum absolute atomic E-state index is 14.4. The number of hydrogen-bond acceptors (Lipinski definition) is 25. The zero-order valence-corrected chi connectivity index (χ0v) is 57.6. The van der Waals surface area contributed by atoms with Crippen molar-refractivity contribution in [3.05, 3.63) is 103 Å². The Bertz CT molecular complexity index is 3840. The molecule has 5 aromatic rings. The molecule has 3 fully saturated rings. The summed E-state index contributed by atoms with van der Waals surface area (Å²) in [4.78, 5) is 134. The van der Waals surface area contributed by atoms with E-state index >= 15 is 0 Å². The van der Waals surface area contributed by atoms with Gasteiger partial charge in [-0.15, -0.1) is 11.3 Å². The average Bonchev–Trinajstić information content (AvgIpc) is 0.838. The van der Waals surface area contributed by atoms with Crippen molar-refractivity contribution >= 4 is 107 Å². The van der Waals surface area contributed by atoms with E-state index in [1.807, 2.05) is 6.92 Å². The van der Waals surface area contributed by atoms with Crippen LogP contribution in [0.5, 0.6) is 17.2 Å². The molecule has 7 N–H and O–H groups in total. The number of amides is 5. The van der Waals surface area contributed by atoms with Crippen molar-refractivity contribution in [2.45, 2.75) is 124 Å². The number of carbonyl (C=O) groups excluding carboxylic acids is 9. The fourth-order valence-corrected chi connectivity index (χ4v) is 14.2. The first-order chi connectivity index (χ1) is 46.6. The van der Waals surface area contributed by atoms with Gasteiger partial charge in [0.05, 0.1) is 123 Å². The molecule has 8 atom stereocenters. The Labute approximate surface area is 577 Å². The molecule has 32 heteroatoms. The van der Waals surface area contributed by atoms with E-state index < -0.39 is 126 Å². The Morgan fingerprint density at radius 3 is 2.14 bits per heavy atom. The van der Waals surface area contributed by atoms with Gasteiger partial charge in [-0.3, -0.25) is 48.1 Å². The fourth-order valence-electron chi connectivity index (χ4n) is 12.4. The van der Waals surface area contributed by atoms with Gasteiger partial charge in [0.2, 0.25) is 29.4 Å². The summed E-state index contributed by atoms with van der Waals surface area (Å²) >= 11 is 7.96. The molecule has 3 saturated heterocycles. The van der Waals surface area contributed by atoms with Gasteiger partial charge in [0.15, 0.2) is 36.2 Å². The Morgan fingerprint density at radius 1 is 0.784 bits per heavy atom. The number of ketones is 4. The average molecular weight is 1490 g/mol. The van der Waals surface area contributed by atoms with E-state index in [2.05, 4.69) is 68.0 Å². The summed E-state index contributed by atoms with van der Waals surface area (Å²) in [5.74, 6) is -5.99. The number of likely N-dealkylation sites (N-methyl/N-ethyl adjacent to an activating group) is 1. The van der Waals surface area contributed by atoms with Crippen LogP contribution in [-0.2, 0) is 91.2 Å². The van der Waals surface area contributed by atoms with Gasteiger partial charge in [-0.1, -0.05) is 44.0 Å². The number of aliphatic hydroxyl groups is 1. The maximum atomic E-state index is 14.4. The van der Waals surface area contributed by atoms with Crippen molar-refractivity contribution in [1.29, 1.82) is 0 Å². The molecule has 29 nitrogen and oxygen atoms in total. The molecule has 5 amide bonds. The normalized spacial score (nSPS) is 21.7. The monoisotopic (exact) mass is 1490 g/mol. The second kappa shape index (κ2) is 32.6. The maximum Gasteiger partial charge on any atom is 0.251 e. The van der Waals surface area contributed by atoms with E-state index in [4.69, 9.17) is 42.9 Å². The molecule has 0 unspecified atom stereocenters. The van der Waals surface area contributed by atoms with E-state index in [1.165, 1.54) is 44.4 Å². The third-order valence-corrected chi connectivity index (χ3v) is 19.3. The molecule has 2 aliphatic carbocycles. The number of halogens is 2. The summed E-state index contributed by atoms with van der Waals surface area (Å²) in [5, 5.41) is 50.5. The number of nitrogens with zero attached hydrogens (tertiary/aromatic N) is 5. The number of aromatic nitrogens is 3. The number of ether oxygens (including phenoxy) is 8. The molecule has 3 aliphatic heterocycles. The number of morpholine rings is 1. The van der Waals surface area contributed by atoms with Crippen LogP contribution in [0.3, 0.4) is 0 Å². The highest BCUT2D eigenvalue weighted by Crippen LogP contribution is 2.55. The first-order valence-corrected chi connectivity index (χ1v) is 34.6. The fraction of sp³-hybridized carbons (Fsp3) is 0.508. The van der Waals surface area contributed by atoms with Crippen LogP contribution in [0.2, 0.25) is 0 Å². The summed E-state index contributed by atoms with van der Waals surface area (Å²) < 4.78 is 47.3.